The summed E-state index contributed by atoms with van der Waals surface area (Å²) in [6, 6.07) is 6.95. The van der Waals surface area contributed by atoms with Crippen molar-refractivity contribution in [3.8, 4) is 0 Å². The highest BCUT2D eigenvalue weighted by Gasteiger charge is 2.11. The summed E-state index contributed by atoms with van der Waals surface area (Å²) in [5.74, 6) is -0.331. The number of nitrogens with two attached hydrogens (primary N) is 1. The standard InChI is InChI=1S/C11H13N3O2S/c12-7(10(15)16)5-6-17-11-13-8-3-1-2-4-9(8)14-11/h1-4,7H,5-6,12H2,(H,13,14)(H,15,16). The highest BCUT2D eigenvalue weighted by atomic mass is 32.2. The zero-order chi connectivity index (χ0) is 12.3. The number of nitrogens with zero attached hydrogens (tertiary/aromatic N) is 1. The minimum absolute atomic E-state index is 0.428. The van der Waals surface area contributed by atoms with Gasteiger partial charge in [-0.15, -0.1) is 0 Å². The van der Waals surface area contributed by atoms with Crippen LogP contribution in [0.3, 0.4) is 0 Å². The summed E-state index contributed by atoms with van der Waals surface area (Å²) in [5.41, 5.74) is 7.31. The first-order chi connectivity index (χ1) is 8.16. The van der Waals surface area contributed by atoms with Gasteiger partial charge in [-0.3, -0.25) is 4.79 Å². The average Bonchev–Trinajstić information content (AvgIpc) is 2.71. The van der Waals surface area contributed by atoms with Crippen LogP contribution in [0.25, 0.3) is 11.0 Å². The Balaban J connectivity index is 1.93. The number of carboxylic acids is 1. The highest BCUT2D eigenvalue weighted by Crippen LogP contribution is 2.19. The Bertz CT molecular complexity index is 493. The van der Waals surface area contributed by atoms with E-state index in [0.717, 1.165) is 16.2 Å². The minimum Gasteiger partial charge on any atom is -0.480 e. The van der Waals surface area contributed by atoms with Crippen LogP contribution in [-0.4, -0.2) is 32.8 Å². The molecule has 0 aliphatic carbocycles. The molecule has 1 unspecified atom stereocenters. The molecule has 1 aromatic heterocycles. The number of thioether (sulfide) groups is 1. The summed E-state index contributed by atoms with van der Waals surface area (Å²) >= 11 is 1.48. The zero-order valence-electron chi connectivity index (χ0n) is 9.09. The van der Waals surface area contributed by atoms with Crippen LogP contribution in [-0.2, 0) is 4.79 Å². The summed E-state index contributed by atoms with van der Waals surface area (Å²) in [5, 5.41) is 9.43. The second-order valence-electron chi connectivity index (χ2n) is 3.64. The number of hydrogen-bond donors (Lipinski definition) is 3. The van der Waals surface area contributed by atoms with Crippen molar-refractivity contribution in [2.45, 2.75) is 17.6 Å². The first kappa shape index (κ1) is 11.9. The van der Waals surface area contributed by atoms with Crippen molar-refractivity contribution in [1.29, 1.82) is 0 Å². The molecule has 17 heavy (non-hydrogen) atoms. The molecule has 0 saturated carbocycles. The Labute approximate surface area is 102 Å². The van der Waals surface area contributed by atoms with Crippen LogP contribution in [0.15, 0.2) is 29.4 Å². The number of rotatable bonds is 5. The molecule has 2 aromatic rings. The SMILES string of the molecule is NC(CCSc1nc2ccccc2[nH]1)C(=O)O. The second kappa shape index (κ2) is 5.20. The van der Waals surface area contributed by atoms with E-state index in [1.807, 2.05) is 24.3 Å². The number of H-pyrrole nitrogens is 1. The third-order valence-corrected chi connectivity index (χ3v) is 3.26. The molecule has 6 heteroatoms. The van der Waals surface area contributed by atoms with Crippen molar-refractivity contribution < 1.29 is 9.90 Å². The van der Waals surface area contributed by atoms with Crippen LogP contribution in [0.2, 0.25) is 0 Å². The average molecular weight is 251 g/mol. The summed E-state index contributed by atoms with van der Waals surface area (Å²) in [6.07, 6.45) is 0.428. The van der Waals surface area contributed by atoms with E-state index in [1.54, 1.807) is 0 Å². The Morgan fingerprint density at radius 3 is 3.00 bits per heavy atom. The molecule has 1 atom stereocenters. The molecule has 0 bridgehead atoms. The van der Waals surface area contributed by atoms with Gasteiger partial charge in [0.1, 0.15) is 6.04 Å². The van der Waals surface area contributed by atoms with Crippen molar-refractivity contribution >= 4 is 28.8 Å². The Hall–Kier alpha value is -1.53. The topological polar surface area (TPSA) is 92.0 Å². The lowest BCUT2D eigenvalue weighted by atomic mass is 10.2. The van der Waals surface area contributed by atoms with E-state index < -0.39 is 12.0 Å². The number of fused-ring (bicyclic) bond motifs is 1. The van der Waals surface area contributed by atoms with Gasteiger partial charge < -0.3 is 15.8 Å². The first-order valence-corrected chi connectivity index (χ1v) is 6.21. The van der Waals surface area contributed by atoms with Crippen LogP contribution in [0.5, 0.6) is 0 Å². The summed E-state index contributed by atoms with van der Waals surface area (Å²) in [7, 11) is 0. The Morgan fingerprint density at radius 1 is 1.53 bits per heavy atom. The van der Waals surface area contributed by atoms with Gasteiger partial charge in [0, 0.05) is 5.75 Å². The van der Waals surface area contributed by atoms with E-state index in [2.05, 4.69) is 9.97 Å². The molecule has 4 N–H and O–H groups in total. The molecule has 0 amide bonds. The summed E-state index contributed by atoms with van der Waals surface area (Å²) in [4.78, 5) is 18.1. The molecule has 0 spiro atoms. The number of nitrogens with one attached hydrogen (secondary N) is 1. The first-order valence-electron chi connectivity index (χ1n) is 5.23. The van der Waals surface area contributed by atoms with Crippen molar-refractivity contribution in [3.63, 3.8) is 0 Å². The number of carboxylic acid groups (broad SMARTS) is 1. The van der Waals surface area contributed by atoms with E-state index in [-0.39, 0.29) is 0 Å². The molecule has 0 saturated heterocycles. The molecule has 90 valence electrons. The van der Waals surface area contributed by atoms with Crippen molar-refractivity contribution in [2.24, 2.45) is 5.73 Å². The van der Waals surface area contributed by atoms with E-state index >= 15 is 0 Å². The zero-order valence-corrected chi connectivity index (χ0v) is 9.91. The van der Waals surface area contributed by atoms with E-state index in [9.17, 15) is 4.79 Å². The maximum Gasteiger partial charge on any atom is 0.320 e. The molecule has 1 heterocycles. The molecule has 0 fully saturated rings. The minimum atomic E-state index is -0.963. The quantitative estimate of drug-likeness (QED) is 0.700. The van der Waals surface area contributed by atoms with Crippen LogP contribution < -0.4 is 5.73 Å². The molecule has 5 nitrogen and oxygen atoms in total. The van der Waals surface area contributed by atoms with Crippen LogP contribution in [0.1, 0.15) is 6.42 Å². The van der Waals surface area contributed by atoms with Gasteiger partial charge in [0.2, 0.25) is 0 Å². The fourth-order valence-electron chi connectivity index (χ4n) is 1.40. The van der Waals surface area contributed by atoms with Gasteiger partial charge in [0.15, 0.2) is 5.16 Å². The maximum atomic E-state index is 10.5. The number of aromatic nitrogens is 2. The lowest BCUT2D eigenvalue weighted by molar-refractivity contribution is -0.138. The smallest absolute Gasteiger partial charge is 0.320 e. The fourth-order valence-corrected chi connectivity index (χ4v) is 2.31. The number of hydrogen-bond acceptors (Lipinski definition) is 4. The highest BCUT2D eigenvalue weighted by molar-refractivity contribution is 7.99. The van der Waals surface area contributed by atoms with Gasteiger partial charge >= 0.3 is 5.97 Å². The molecule has 0 aliphatic heterocycles. The number of carbonyl (C=O) groups is 1. The third kappa shape index (κ3) is 2.98. The lowest BCUT2D eigenvalue weighted by Gasteiger charge is -2.03. The number of imidazole rings is 1. The molecule has 1 aromatic carbocycles. The van der Waals surface area contributed by atoms with E-state index in [1.165, 1.54) is 11.8 Å². The van der Waals surface area contributed by atoms with E-state index in [4.69, 9.17) is 10.8 Å². The van der Waals surface area contributed by atoms with Crippen LogP contribution in [0, 0.1) is 0 Å². The fraction of sp³-hybridized carbons (Fsp3) is 0.273. The summed E-state index contributed by atoms with van der Waals surface area (Å²) in [6.45, 7) is 0. The molecule has 0 radical (unpaired) electrons. The Morgan fingerprint density at radius 2 is 2.29 bits per heavy atom. The van der Waals surface area contributed by atoms with Gasteiger partial charge in [0.05, 0.1) is 11.0 Å². The second-order valence-corrected chi connectivity index (χ2v) is 4.72. The van der Waals surface area contributed by atoms with Gasteiger partial charge in [-0.25, -0.2) is 4.98 Å². The van der Waals surface area contributed by atoms with Crippen molar-refractivity contribution in [2.75, 3.05) is 5.75 Å². The van der Waals surface area contributed by atoms with E-state index in [0.29, 0.717) is 12.2 Å². The van der Waals surface area contributed by atoms with Gasteiger partial charge in [0.25, 0.3) is 0 Å². The van der Waals surface area contributed by atoms with Crippen LogP contribution >= 0.6 is 11.8 Å². The lowest BCUT2D eigenvalue weighted by Crippen LogP contribution is -2.30. The predicted molar refractivity (Wildman–Crippen MR) is 67.0 cm³/mol. The molecule has 0 aliphatic rings. The number of benzene rings is 1. The number of aromatic amines is 1. The van der Waals surface area contributed by atoms with Gasteiger partial charge in [-0.2, -0.15) is 0 Å². The molecule has 2 rings (SSSR count). The van der Waals surface area contributed by atoms with Crippen molar-refractivity contribution in [1.82, 2.24) is 9.97 Å². The summed E-state index contributed by atoms with van der Waals surface area (Å²) < 4.78 is 0. The van der Waals surface area contributed by atoms with Crippen LogP contribution in [0.4, 0.5) is 0 Å². The maximum absolute atomic E-state index is 10.5. The monoisotopic (exact) mass is 251 g/mol. The number of aliphatic carboxylic acids is 1. The van der Waals surface area contributed by atoms with Gasteiger partial charge in [-0.1, -0.05) is 23.9 Å². The number of para-hydroxylation sites is 2. The van der Waals surface area contributed by atoms with Gasteiger partial charge in [-0.05, 0) is 18.6 Å². The third-order valence-electron chi connectivity index (χ3n) is 2.35. The predicted octanol–water partition coefficient (Wildman–Crippen LogP) is 1.46. The van der Waals surface area contributed by atoms with Crippen molar-refractivity contribution in [3.05, 3.63) is 24.3 Å². The largest absolute Gasteiger partial charge is 0.480 e. The molecular formula is C11H13N3O2S. The normalized spacial score (nSPS) is 12.8. The molecular weight excluding hydrogens is 238 g/mol. The Kier molecular flexibility index (Phi) is 3.65.